The van der Waals surface area contributed by atoms with Crippen molar-refractivity contribution in [3.8, 4) is 0 Å². The van der Waals surface area contributed by atoms with Crippen LogP contribution in [-0.2, 0) is 6.54 Å². The van der Waals surface area contributed by atoms with E-state index in [1.807, 2.05) is 42.8 Å². The molecule has 0 radical (unpaired) electrons. The van der Waals surface area contributed by atoms with Crippen LogP contribution < -0.4 is 10.6 Å². The molecule has 1 aromatic carbocycles. The van der Waals surface area contributed by atoms with Gasteiger partial charge in [0.15, 0.2) is 5.11 Å². The van der Waals surface area contributed by atoms with Crippen LogP contribution in [-0.4, -0.2) is 14.9 Å². The van der Waals surface area contributed by atoms with Gasteiger partial charge in [0, 0.05) is 17.3 Å². The number of rotatable bonds is 3. The molecule has 2 aromatic rings. The number of nitrogens with zero attached hydrogens (tertiary/aromatic N) is 2. The molecule has 0 atom stereocenters. The van der Waals surface area contributed by atoms with E-state index < -0.39 is 0 Å². The number of thiocarbonyl (C=S) groups is 1. The molecule has 0 bridgehead atoms. The lowest BCUT2D eigenvalue weighted by molar-refractivity contribution is 0.634. The first-order valence-corrected chi connectivity index (χ1v) is 7.17. The minimum atomic E-state index is 0.522. The highest BCUT2D eigenvalue weighted by Gasteiger charge is 2.11. The number of hydrogen-bond donors (Lipinski definition) is 2. The zero-order chi connectivity index (χ0) is 14.7. The minimum absolute atomic E-state index is 0.522. The van der Waals surface area contributed by atoms with Crippen molar-refractivity contribution in [1.82, 2.24) is 9.78 Å². The van der Waals surface area contributed by atoms with Crippen LogP contribution in [0.15, 0.2) is 24.3 Å². The molecule has 2 rings (SSSR count). The van der Waals surface area contributed by atoms with Crippen LogP contribution in [0.2, 0.25) is 5.02 Å². The standard InChI is InChI=1S/C14H17ClN4S/c1-4-19-10(3)13(9(2)18-19)17-14(20)16-12-7-5-6-11(15)8-12/h5-8H,4H2,1-3H3,(H2,16,17,20). The van der Waals surface area contributed by atoms with E-state index >= 15 is 0 Å². The van der Waals surface area contributed by atoms with Crippen molar-refractivity contribution in [2.24, 2.45) is 0 Å². The number of nitrogens with one attached hydrogen (secondary N) is 2. The van der Waals surface area contributed by atoms with Crippen LogP contribution >= 0.6 is 23.8 Å². The third-order valence-corrected chi connectivity index (χ3v) is 3.44. The summed E-state index contributed by atoms with van der Waals surface area (Å²) in [6.07, 6.45) is 0. The molecular weight excluding hydrogens is 292 g/mol. The van der Waals surface area contributed by atoms with E-state index in [-0.39, 0.29) is 0 Å². The van der Waals surface area contributed by atoms with Crippen molar-refractivity contribution in [2.45, 2.75) is 27.3 Å². The van der Waals surface area contributed by atoms with Gasteiger partial charge >= 0.3 is 0 Å². The van der Waals surface area contributed by atoms with Crippen molar-refractivity contribution in [2.75, 3.05) is 10.6 Å². The number of aryl methyl sites for hydroxylation is 2. The summed E-state index contributed by atoms with van der Waals surface area (Å²) >= 11 is 11.3. The third-order valence-electron chi connectivity index (χ3n) is 3.00. The second-order valence-electron chi connectivity index (χ2n) is 4.45. The van der Waals surface area contributed by atoms with Gasteiger partial charge in [-0.1, -0.05) is 17.7 Å². The number of benzene rings is 1. The Morgan fingerprint density at radius 3 is 2.70 bits per heavy atom. The fraction of sp³-hybridized carbons (Fsp3) is 0.286. The van der Waals surface area contributed by atoms with Crippen molar-refractivity contribution < 1.29 is 0 Å². The largest absolute Gasteiger partial charge is 0.332 e. The molecule has 0 aliphatic heterocycles. The molecule has 0 aliphatic carbocycles. The Bertz CT molecular complexity index is 636. The Labute approximate surface area is 129 Å². The van der Waals surface area contributed by atoms with Gasteiger partial charge in [0.05, 0.1) is 17.1 Å². The molecule has 1 aromatic heterocycles. The summed E-state index contributed by atoms with van der Waals surface area (Å²) in [4.78, 5) is 0. The minimum Gasteiger partial charge on any atom is -0.332 e. The predicted octanol–water partition coefficient (Wildman–Crippen LogP) is 3.98. The van der Waals surface area contributed by atoms with Crippen molar-refractivity contribution >= 4 is 40.3 Å². The van der Waals surface area contributed by atoms with Gasteiger partial charge < -0.3 is 10.6 Å². The molecule has 0 unspecified atom stereocenters. The quantitative estimate of drug-likeness (QED) is 0.842. The summed E-state index contributed by atoms with van der Waals surface area (Å²) < 4.78 is 1.94. The van der Waals surface area contributed by atoms with E-state index in [4.69, 9.17) is 23.8 Å². The number of aromatic nitrogens is 2. The summed E-state index contributed by atoms with van der Waals surface area (Å²) in [5.41, 5.74) is 3.81. The van der Waals surface area contributed by atoms with E-state index in [1.165, 1.54) is 0 Å². The molecule has 4 nitrogen and oxygen atoms in total. The monoisotopic (exact) mass is 308 g/mol. The van der Waals surface area contributed by atoms with Gasteiger partial charge in [0.2, 0.25) is 0 Å². The van der Waals surface area contributed by atoms with E-state index in [0.29, 0.717) is 10.1 Å². The molecule has 106 valence electrons. The van der Waals surface area contributed by atoms with Gasteiger partial charge in [-0.3, -0.25) is 4.68 Å². The van der Waals surface area contributed by atoms with E-state index in [0.717, 1.165) is 29.3 Å². The van der Waals surface area contributed by atoms with Crippen molar-refractivity contribution in [3.63, 3.8) is 0 Å². The van der Waals surface area contributed by atoms with Gasteiger partial charge in [-0.25, -0.2) is 0 Å². The highest BCUT2D eigenvalue weighted by Crippen LogP contribution is 2.20. The molecule has 2 N–H and O–H groups in total. The summed E-state index contributed by atoms with van der Waals surface area (Å²) in [5, 5.41) is 11.9. The highest BCUT2D eigenvalue weighted by molar-refractivity contribution is 7.80. The Kier molecular flexibility index (Phi) is 4.62. The first kappa shape index (κ1) is 14.8. The van der Waals surface area contributed by atoms with Gasteiger partial charge in [0.25, 0.3) is 0 Å². The van der Waals surface area contributed by atoms with Gasteiger partial charge in [-0.15, -0.1) is 0 Å². The fourth-order valence-corrected chi connectivity index (χ4v) is 2.44. The van der Waals surface area contributed by atoms with Crippen LogP contribution in [0.4, 0.5) is 11.4 Å². The third kappa shape index (κ3) is 3.29. The predicted molar refractivity (Wildman–Crippen MR) is 88.7 cm³/mol. The lowest BCUT2D eigenvalue weighted by Crippen LogP contribution is -2.19. The molecule has 0 saturated heterocycles. The normalized spacial score (nSPS) is 10.4. The molecule has 0 amide bonds. The fourth-order valence-electron chi connectivity index (χ4n) is 2.03. The van der Waals surface area contributed by atoms with Crippen molar-refractivity contribution in [1.29, 1.82) is 0 Å². The number of halogens is 1. The second kappa shape index (κ2) is 6.24. The van der Waals surface area contributed by atoms with Gasteiger partial charge in [-0.05, 0) is 51.2 Å². The summed E-state index contributed by atoms with van der Waals surface area (Å²) in [7, 11) is 0. The molecule has 0 spiro atoms. The number of anilines is 2. The Balaban J connectivity index is 2.10. The Hall–Kier alpha value is -1.59. The lowest BCUT2D eigenvalue weighted by Gasteiger charge is -2.11. The molecular formula is C14H17ClN4S. The topological polar surface area (TPSA) is 41.9 Å². The summed E-state index contributed by atoms with van der Waals surface area (Å²) in [6, 6.07) is 7.43. The average Bonchev–Trinajstić information content (AvgIpc) is 2.66. The maximum Gasteiger partial charge on any atom is 0.175 e. The lowest BCUT2D eigenvalue weighted by atomic mass is 10.3. The van der Waals surface area contributed by atoms with E-state index in [9.17, 15) is 0 Å². The molecule has 6 heteroatoms. The van der Waals surface area contributed by atoms with Crippen LogP contribution in [0.3, 0.4) is 0 Å². The maximum absolute atomic E-state index is 5.94. The van der Waals surface area contributed by atoms with Crippen LogP contribution in [0.5, 0.6) is 0 Å². The first-order valence-electron chi connectivity index (χ1n) is 6.39. The summed E-state index contributed by atoms with van der Waals surface area (Å²) in [6.45, 7) is 6.88. The smallest absolute Gasteiger partial charge is 0.175 e. The molecule has 0 fully saturated rings. The van der Waals surface area contributed by atoms with Crippen LogP contribution in [0.25, 0.3) is 0 Å². The van der Waals surface area contributed by atoms with Gasteiger partial charge in [-0.2, -0.15) is 5.10 Å². The van der Waals surface area contributed by atoms with Crippen molar-refractivity contribution in [3.05, 3.63) is 40.7 Å². The second-order valence-corrected chi connectivity index (χ2v) is 5.30. The zero-order valence-corrected chi connectivity index (χ0v) is 13.3. The molecule has 0 aliphatic rings. The SMILES string of the molecule is CCn1nc(C)c(NC(=S)Nc2cccc(Cl)c2)c1C. The van der Waals surface area contributed by atoms with Gasteiger partial charge in [0.1, 0.15) is 0 Å². The first-order chi connectivity index (χ1) is 9.51. The summed E-state index contributed by atoms with van der Waals surface area (Å²) in [5.74, 6) is 0. The van der Waals surface area contributed by atoms with E-state index in [2.05, 4.69) is 22.7 Å². The molecule has 1 heterocycles. The Morgan fingerprint density at radius 1 is 1.35 bits per heavy atom. The number of hydrogen-bond acceptors (Lipinski definition) is 2. The maximum atomic E-state index is 5.94. The molecule has 20 heavy (non-hydrogen) atoms. The highest BCUT2D eigenvalue weighted by atomic mass is 35.5. The average molecular weight is 309 g/mol. The zero-order valence-electron chi connectivity index (χ0n) is 11.7. The Morgan fingerprint density at radius 2 is 2.10 bits per heavy atom. The molecule has 0 saturated carbocycles. The van der Waals surface area contributed by atoms with E-state index in [1.54, 1.807) is 0 Å². The van der Waals surface area contributed by atoms with Crippen LogP contribution in [0, 0.1) is 13.8 Å². The van der Waals surface area contributed by atoms with Crippen LogP contribution in [0.1, 0.15) is 18.3 Å².